The van der Waals surface area contributed by atoms with Crippen LogP contribution in [0.25, 0.3) is 0 Å². The second kappa shape index (κ2) is 9.05. The molecule has 2 aliphatic heterocycles. The lowest BCUT2D eigenvalue weighted by Gasteiger charge is -2.41. The predicted molar refractivity (Wildman–Crippen MR) is 113 cm³/mol. The Bertz CT molecular complexity index is 754. The molecule has 0 aliphatic carbocycles. The molecule has 1 atom stereocenters. The zero-order valence-electron chi connectivity index (χ0n) is 16.8. The molecule has 0 saturated carbocycles. The van der Waals surface area contributed by atoms with Crippen LogP contribution in [-0.4, -0.2) is 52.1 Å². The number of allylic oxidation sites excluding steroid dienone is 1. The maximum Gasteiger partial charge on any atom is 0.126 e. The SMILES string of the molecule is C=CC1=C(/C=C(\COC)OP(C)C)CC2c3ccc(OC)cc3CCN2C1. The number of hydrogen-bond acceptors (Lipinski definition) is 4. The van der Waals surface area contributed by atoms with Crippen molar-refractivity contribution in [1.29, 1.82) is 0 Å². The maximum absolute atomic E-state index is 6.02. The van der Waals surface area contributed by atoms with Crippen molar-refractivity contribution in [2.75, 3.05) is 47.2 Å². The smallest absolute Gasteiger partial charge is 0.126 e. The fraction of sp³-hybridized carbons (Fsp3) is 0.455. The van der Waals surface area contributed by atoms with Gasteiger partial charge in [0.25, 0.3) is 0 Å². The molecule has 1 unspecified atom stereocenters. The first kappa shape index (κ1) is 20.1. The minimum Gasteiger partial charge on any atom is -0.497 e. The molecule has 4 nitrogen and oxygen atoms in total. The lowest BCUT2D eigenvalue weighted by Crippen LogP contribution is -2.39. The summed E-state index contributed by atoms with van der Waals surface area (Å²) < 4.78 is 16.8. The van der Waals surface area contributed by atoms with Gasteiger partial charge in [-0.1, -0.05) is 18.7 Å². The number of benzene rings is 1. The van der Waals surface area contributed by atoms with Crippen molar-refractivity contribution in [3.05, 3.63) is 65.0 Å². The molecule has 5 heteroatoms. The molecule has 0 N–H and O–H groups in total. The first-order valence-corrected chi connectivity index (χ1v) is 11.5. The molecule has 2 heterocycles. The van der Waals surface area contributed by atoms with Gasteiger partial charge in [-0.3, -0.25) is 4.90 Å². The van der Waals surface area contributed by atoms with E-state index in [0.717, 1.165) is 37.4 Å². The third-order valence-electron chi connectivity index (χ3n) is 5.19. The van der Waals surface area contributed by atoms with Crippen LogP contribution in [0.1, 0.15) is 23.6 Å². The first-order chi connectivity index (χ1) is 13.0. The van der Waals surface area contributed by atoms with Gasteiger partial charge in [-0.25, -0.2) is 0 Å². The number of hydrogen-bond donors (Lipinski definition) is 0. The summed E-state index contributed by atoms with van der Waals surface area (Å²) in [5.41, 5.74) is 5.41. The van der Waals surface area contributed by atoms with Crippen molar-refractivity contribution < 1.29 is 14.0 Å². The van der Waals surface area contributed by atoms with Gasteiger partial charge in [0.05, 0.1) is 15.3 Å². The first-order valence-electron chi connectivity index (χ1n) is 9.35. The molecule has 0 spiro atoms. The van der Waals surface area contributed by atoms with Gasteiger partial charge in [0.15, 0.2) is 0 Å². The molecule has 1 aromatic carbocycles. The average molecular weight is 387 g/mol. The molecule has 3 rings (SSSR count). The van der Waals surface area contributed by atoms with Gasteiger partial charge in [0, 0.05) is 26.2 Å². The highest BCUT2D eigenvalue weighted by atomic mass is 31.1. The van der Waals surface area contributed by atoms with Gasteiger partial charge in [0.1, 0.15) is 18.1 Å². The van der Waals surface area contributed by atoms with Gasteiger partial charge < -0.3 is 14.0 Å². The molecule has 0 radical (unpaired) electrons. The molecule has 0 aromatic heterocycles. The summed E-state index contributed by atoms with van der Waals surface area (Å²) in [5, 5.41) is 0. The number of nitrogens with zero attached hydrogens (tertiary/aromatic N) is 1. The number of ether oxygens (including phenoxy) is 2. The van der Waals surface area contributed by atoms with Crippen molar-refractivity contribution in [2.24, 2.45) is 0 Å². The zero-order valence-corrected chi connectivity index (χ0v) is 17.7. The molecule has 27 heavy (non-hydrogen) atoms. The highest BCUT2D eigenvalue weighted by Crippen LogP contribution is 2.41. The Morgan fingerprint density at radius 3 is 2.78 bits per heavy atom. The minimum atomic E-state index is -0.481. The lowest BCUT2D eigenvalue weighted by molar-refractivity contribution is 0.186. The van der Waals surface area contributed by atoms with E-state index in [0.29, 0.717) is 12.6 Å². The van der Waals surface area contributed by atoms with E-state index in [1.807, 2.05) is 6.08 Å². The average Bonchev–Trinajstić information content (AvgIpc) is 2.66. The molecular weight excluding hydrogens is 357 g/mol. The number of rotatable bonds is 7. The summed E-state index contributed by atoms with van der Waals surface area (Å²) in [6.07, 6.45) is 6.20. The second-order valence-corrected chi connectivity index (χ2v) is 9.01. The third-order valence-corrected chi connectivity index (χ3v) is 5.79. The normalized spacial score (nSPS) is 20.3. The Hall–Kier alpha value is -1.61. The Morgan fingerprint density at radius 1 is 1.30 bits per heavy atom. The van der Waals surface area contributed by atoms with E-state index in [1.54, 1.807) is 14.2 Å². The highest BCUT2D eigenvalue weighted by Gasteiger charge is 2.32. The molecule has 0 bridgehead atoms. The van der Waals surface area contributed by atoms with Crippen LogP contribution < -0.4 is 4.74 Å². The van der Waals surface area contributed by atoms with Gasteiger partial charge in [0.2, 0.25) is 0 Å². The Labute approximate surface area is 164 Å². The van der Waals surface area contributed by atoms with E-state index < -0.39 is 8.15 Å². The predicted octanol–water partition coefficient (Wildman–Crippen LogP) is 4.68. The monoisotopic (exact) mass is 387 g/mol. The van der Waals surface area contributed by atoms with Gasteiger partial charge in [-0.05, 0) is 66.7 Å². The van der Waals surface area contributed by atoms with Gasteiger partial charge >= 0.3 is 0 Å². The highest BCUT2D eigenvalue weighted by molar-refractivity contribution is 7.50. The van der Waals surface area contributed by atoms with Crippen LogP contribution in [0, 0.1) is 0 Å². The fourth-order valence-electron chi connectivity index (χ4n) is 3.97. The van der Waals surface area contributed by atoms with Crippen LogP contribution in [0.4, 0.5) is 0 Å². The van der Waals surface area contributed by atoms with Crippen LogP contribution in [0.3, 0.4) is 0 Å². The largest absolute Gasteiger partial charge is 0.497 e. The van der Waals surface area contributed by atoms with E-state index in [1.165, 1.54) is 22.3 Å². The van der Waals surface area contributed by atoms with Gasteiger partial charge in [-0.15, -0.1) is 0 Å². The van der Waals surface area contributed by atoms with E-state index in [-0.39, 0.29) is 0 Å². The van der Waals surface area contributed by atoms with Crippen LogP contribution in [0.5, 0.6) is 5.75 Å². The van der Waals surface area contributed by atoms with E-state index in [9.17, 15) is 0 Å². The maximum atomic E-state index is 6.02. The minimum absolute atomic E-state index is 0.392. The summed E-state index contributed by atoms with van der Waals surface area (Å²) in [6, 6.07) is 6.89. The summed E-state index contributed by atoms with van der Waals surface area (Å²) in [4.78, 5) is 2.56. The topological polar surface area (TPSA) is 30.9 Å². The molecule has 0 amide bonds. The van der Waals surface area contributed by atoms with Crippen LogP contribution >= 0.6 is 8.15 Å². The van der Waals surface area contributed by atoms with E-state index in [2.05, 4.69) is 49.1 Å². The van der Waals surface area contributed by atoms with Crippen molar-refractivity contribution in [1.82, 2.24) is 4.90 Å². The van der Waals surface area contributed by atoms with Crippen LogP contribution in [-0.2, 0) is 15.7 Å². The third kappa shape index (κ3) is 4.63. The number of methoxy groups -OCH3 is 2. The molecule has 0 fully saturated rings. The van der Waals surface area contributed by atoms with E-state index >= 15 is 0 Å². The zero-order chi connectivity index (χ0) is 19.4. The Balaban J connectivity index is 1.93. The second-order valence-electron chi connectivity index (χ2n) is 7.21. The van der Waals surface area contributed by atoms with Crippen molar-refractivity contribution in [2.45, 2.75) is 18.9 Å². The van der Waals surface area contributed by atoms with Crippen molar-refractivity contribution >= 4 is 8.15 Å². The summed E-state index contributed by atoms with van der Waals surface area (Å²) in [6.45, 7) is 10.8. The molecule has 146 valence electrons. The Morgan fingerprint density at radius 2 is 2.11 bits per heavy atom. The summed E-state index contributed by atoms with van der Waals surface area (Å²) in [5.74, 6) is 1.85. The fourth-order valence-corrected chi connectivity index (χ4v) is 4.54. The summed E-state index contributed by atoms with van der Waals surface area (Å²) in [7, 11) is 2.96. The quantitative estimate of drug-likeness (QED) is 0.502. The van der Waals surface area contributed by atoms with Crippen LogP contribution in [0.15, 0.2) is 53.8 Å². The van der Waals surface area contributed by atoms with Crippen molar-refractivity contribution in [3.63, 3.8) is 0 Å². The summed E-state index contributed by atoms with van der Waals surface area (Å²) >= 11 is 0. The van der Waals surface area contributed by atoms with Gasteiger partial charge in [-0.2, -0.15) is 0 Å². The lowest BCUT2D eigenvalue weighted by atomic mass is 9.83. The van der Waals surface area contributed by atoms with Crippen molar-refractivity contribution in [3.8, 4) is 5.75 Å². The number of fused-ring (bicyclic) bond motifs is 3. The molecule has 0 saturated heterocycles. The molecule has 2 aliphatic rings. The molecular formula is C22H30NO3P. The molecule has 1 aromatic rings. The Kier molecular flexibility index (Phi) is 6.75. The standard InChI is InChI=1S/C22H30NO3P/c1-6-16-14-23-10-9-17-11-19(25-3)7-8-21(17)22(23)13-18(16)12-20(15-24-2)26-27(4)5/h6-8,11-12,22H,1,9-10,13-15H2,2-5H3/b20-12+. The van der Waals surface area contributed by atoms with Crippen LogP contribution in [0.2, 0.25) is 0 Å². The van der Waals surface area contributed by atoms with E-state index in [4.69, 9.17) is 14.0 Å².